The highest BCUT2D eigenvalue weighted by Crippen LogP contribution is 2.55. The molecule has 0 aromatic rings. The summed E-state index contributed by atoms with van der Waals surface area (Å²) in [5.74, 6) is 0. The Kier molecular flexibility index (Phi) is 6.14. The van der Waals surface area contributed by atoms with Crippen molar-refractivity contribution in [2.24, 2.45) is 0 Å². The highest BCUT2D eigenvalue weighted by molar-refractivity contribution is 6.72. The minimum absolute atomic E-state index is 0.160. The summed E-state index contributed by atoms with van der Waals surface area (Å²) >= 11 is 58.8. The lowest BCUT2D eigenvalue weighted by atomic mass is 10.2. The summed E-state index contributed by atoms with van der Waals surface area (Å²) < 4.78 is -3.87. The van der Waals surface area contributed by atoms with Crippen molar-refractivity contribution in [3.05, 3.63) is 30.7 Å². The molecule has 1 rings (SSSR count). The highest BCUT2D eigenvalue weighted by Gasteiger charge is 2.44. The van der Waals surface area contributed by atoms with E-state index in [1.165, 1.54) is 0 Å². The van der Waals surface area contributed by atoms with Crippen LogP contribution in [0.5, 0.6) is 0 Å². The molecule has 0 atom stereocenters. The molecular formula is C8Cl10. The Morgan fingerprint density at radius 1 is 0.667 bits per heavy atom. The summed E-state index contributed by atoms with van der Waals surface area (Å²) in [6, 6.07) is 0. The summed E-state index contributed by atoms with van der Waals surface area (Å²) in [5, 5.41) is -1.16. The molecule has 18 heavy (non-hydrogen) atoms. The van der Waals surface area contributed by atoms with E-state index in [-0.39, 0.29) is 30.7 Å². The van der Waals surface area contributed by atoms with E-state index in [1.807, 2.05) is 0 Å². The van der Waals surface area contributed by atoms with Crippen LogP contribution >= 0.6 is 116 Å². The van der Waals surface area contributed by atoms with Crippen molar-refractivity contribution >= 4 is 116 Å². The first-order chi connectivity index (χ1) is 7.92. The van der Waals surface area contributed by atoms with Crippen LogP contribution in [0.4, 0.5) is 0 Å². The molecule has 0 aromatic carbocycles. The number of alkyl halides is 5. The van der Waals surface area contributed by atoms with Gasteiger partial charge in [-0.1, -0.05) is 116 Å². The van der Waals surface area contributed by atoms with Gasteiger partial charge in [-0.3, -0.25) is 0 Å². The second-order valence-electron chi connectivity index (χ2n) is 3.02. The largest absolute Gasteiger partial charge is 0.218 e. The van der Waals surface area contributed by atoms with Gasteiger partial charge in [-0.15, -0.1) is 0 Å². The van der Waals surface area contributed by atoms with Gasteiger partial charge in [0.25, 0.3) is 0 Å². The van der Waals surface area contributed by atoms with Crippen LogP contribution in [-0.2, 0) is 0 Å². The third-order valence-corrected chi connectivity index (χ3v) is 5.93. The molecule has 10 heteroatoms. The Bertz CT molecular complexity index is 475. The second-order valence-corrected chi connectivity index (χ2v) is 8.52. The summed E-state index contributed by atoms with van der Waals surface area (Å²) in [6.45, 7) is 0. The molecule has 0 aromatic heterocycles. The monoisotopic (exact) mass is 446 g/mol. The van der Waals surface area contributed by atoms with Crippen molar-refractivity contribution in [1.29, 1.82) is 0 Å². The van der Waals surface area contributed by atoms with E-state index in [9.17, 15) is 0 Å². The molecule has 0 amide bonds. The van der Waals surface area contributed by atoms with E-state index < -0.39 is 8.13 Å². The molecule has 0 spiro atoms. The minimum atomic E-state index is -1.99. The van der Waals surface area contributed by atoms with Gasteiger partial charge in [-0.2, -0.15) is 0 Å². The van der Waals surface area contributed by atoms with Crippen molar-refractivity contribution < 1.29 is 0 Å². The fourth-order valence-electron chi connectivity index (χ4n) is 1.03. The molecule has 0 heterocycles. The standard InChI is InChI=1S/C8Cl10/c9-2-1(8(16,17)18)3(10)5(12)7(14,15)6(13)4(2)11. The van der Waals surface area contributed by atoms with Crippen molar-refractivity contribution in [2.75, 3.05) is 0 Å². The van der Waals surface area contributed by atoms with Gasteiger partial charge in [-0.25, -0.2) is 0 Å². The van der Waals surface area contributed by atoms with Crippen molar-refractivity contribution in [3.8, 4) is 0 Å². The fraction of sp³-hybridized carbons (Fsp3) is 0.250. The minimum Gasteiger partial charge on any atom is -0.0888 e. The molecule has 0 bridgehead atoms. The van der Waals surface area contributed by atoms with E-state index in [0.29, 0.717) is 0 Å². The number of hydrogen-bond acceptors (Lipinski definition) is 0. The maximum Gasteiger partial charge on any atom is 0.218 e. The first-order valence-electron chi connectivity index (χ1n) is 3.89. The lowest BCUT2D eigenvalue weighted by molar-refractivity contribution is 1.19. The van der Waals surface area contributed by atoms with Gasteiger partial charge in [0, 0.05) is 5.57 Å². The average molecular weight is 451 g/mol. The number of halogens is 10. The Hall–Kier alpha value is 2.12. The Labute approximate surface area is 153 Å². The van der Waals surface area contributed by atoms with Crippen molar-refractivity contribution in [2.45, 2.75) is 8.13 Å². The Balaban J connectivity index is 3.77. The van der Waals surface area contributed by atoms with E-state index in [0.717, 1.165) is 0 Å². The Morgan fingerprint density at radius 2 is 1.06 bits per heavy atom. The van der Waals surface area contributed by atoms with Crippen LogP contribution in [0.1, 0.15) is 0 Å². The van der Waals surface area contributed by atoms with Crippen LogP contribution in [0, 0.1) is 0 Å². The topological polar surface area (TPSA) is 0 Å². The molecule has 0 aliphatic heterocycles. The predicted octanol–water partition coefficient (Wildman–Crippen LogP) is 7.42. The first-order valence-corrected chi connectivity index (χ1v) is 7.67. The molecule has 1 aliphatic carbocycles. The third kappa shape index (κ3) is 3.30. The predicted molar refractivity (Wildman–Crippen MR) is 85.1 cm³/mol. The van der Waals surface area contributed by atoms with Gasteiger partial charge in [-0.05, 0) is 0 Å². The maximum atomic E-state index is 5.97. The zero-order valence-corrected chi connectivity index (χ0v) is 15.3. The van der Waals surface area contributed by atoms with Gasteiger partial charge >= 0.3 is 0 Å². The summed E-state index contributed by atoms with van der Waals surface area (Å²) in [5.41, 5.74) is -0.160. The fourth-order valence-corrected chi connectivity index (χ4v) is 3.93. The molecule has 0 fully saturated rings. The average Bonchev–Trinajstić information content (AvgIpc) is 2.25. The molecule has 0 N–H and O–H groups in total. The van der Waals surface area contributed by atoms with Crippen LogP contribution < -0.4 is 0 Å². The molecule has 102 valence electrons. The molecule has 0 unspecified atom stereocenters. The van der Waals surface area contributed by atoms with Gasteiger partial charge in [0.1, 0.15) is 0 Å². The molecule has 0 saturated heterocycles. The van der Waals surface area contributed by atoms with Crippen LogP contribution in [0.15, 0.2) is 30.7 Å². The summed E-state index contributed by atoms with van der Waals surface area (Å²) in [7, 11) is 0. The number of rotatable bonds is 0. The molecule has 0 saturated carbocycles. The normalized spacial score (nSPS) is 21.7. The lowest BCUT2D eigenvalue weighted by Crippen LogP contribution is -2.15. The number of hydrogen-bond donors (Lipinski definition) is 0. The van der Waals surface area contributed by atoms with Crippen LogP contribution in [-0.4, -0.2) is 8.13 Å². The molecular weight excluding hydrogens is 451 g/mol. The lowest BCUT2D eigenvalue weighted by Gasteiger charge is -2.20. The second kappa shape index (κ2) is 6.08. The Morgan fingerprint density at radius 3 is 1.44 bits per heavy atom. The zero-order valence-electron chi connectivity index (χ0n) is 7.78. The highest BCUT2D eigenvalue weighted by atomic mass is 35.6. The molecule has 1 aliphatic rings. The third-order valence-electron chi connectivity index (χ3n) is 1.85. The van der Waals surface area contributed by atoms with Crippen LogP contribution in [0.3, 0.4) is 0 Å². The number of allylic oxidation sites excluding steroid dienone is 6. The van der Waals surface area contributed by atoms with E-state index in [1.54, 1.807) is 0 Å². The summed E-state index contributed by atoms with van der Waals surface area (Å²) in [6.07, 6.45) is 0. The van der Waals surface area contributed by atoms with Crippen molar-refractivity contribution in [1.82, 2.24) is 0 Å². The zero-order chi connectivity index (χ0) is 14.5. The van der Waals surface area contributed by atoms with Gasteiger partial charge in [0.2, 0.25) is 3.79 Å². The SMILES string of the molecule is ClC1=C(C(Cl)(Cl)Cl)C(Cl)=C(Cl)C(Cl)(Cl)C(Cl)=C1Cl. The van der Waals surface area contributed by atoms with Gasteiger partial charge in [0.05, 0.1) is 25.2 Å². The van der Waals surface area contributed by atoms with Gasteiger partial charge in [0.15, 0.2) is 4.33 Å². The first kappa shape index (κ1) is 18.2. The smallest absolute Gasteiger partial charge is 0.0888 e. The molecule has 0 nitrogen and oxygen atoms in total. The van der Waals surface area contributed by atoms with E-state index in [2.05, 4.69) is 0 Å². The van der Waals surface area contributed by atoms with Crippen LogP contribution in [0.25, 0.3) is 0 Å². The molecule has 0 radical (unpaired) electrons. The quantitative estimate of drug-likeness (QED) is 0.337. The van der Waals surface area contributed by atoms with E-state index in [4.69, 9.17) is 116 Å². The van der Waals surface area contributed by atoms with E-state index >= 15 is 0 Å². The van der Waals surface area contributed by atoms with Crippen LogP contribution in [0.2, 0.25) is 0 Å². The van der Waals surface area contributed by atoms with Crippen molar-refractivity contribution in [3.63, 3.8) is 0 Å². The van der Waals surface area contributed by atoms with Gasteiger partial charge < -0.3 is 0 Å². The maximum absolute atomic E-state index is 5.97. The summed E-state index contributed by atoms with van der Waals surface area (Å²) in [4.78, 5) is 0.